The van der Waals surface area contributed by atoms with Crippen LogP contribution in [0.2, 0.25) is 5.02 Å². The Morgan fingerprint density at radius 2 is 1.91 bits per heavy atom. The lowest BCUT2D eigenvalue weighted by atomic mass is 9.64. The van der Waals surface area contributed by atoms with Gasteiger partial charge in [0.05, 0.1) is 10.8 Å². The number of aromatic nitrogens is 7. The van der Waals surface area contributed by atoms with E-state index in [0.29, 0.717) is 18.9 Å². The third-order valence-corrected chi connectivity index (χ3v) is 6.91. The minimum atomic E-state index is -0.522. The van der Waals surface area contributed by atoms with Crippen molar-refractivity contribution in [3.8, 4) is 0 Å². The second-order valence-electron chi connectivity index (χ2n) is 8.81. The topological polar surface area (TPSA) is 78.2 Å². The molecule has 0 bridgehead atoms. The Labute approximate surface area is 191 Å². The van der Waals surface area contributed by atoms with E-state index in [9.17, 15) is 0 Å². The number of rotatable bonds is 6. The van der Waals surface area contributed by atoms with Gasteiger partial charge in [-0.25, -0.2) is 11.3 Å². The van der Waals surface area contributed by atoms with Crippen molar-refractivity contribution in [3.05, 3.63) is 81.8 Å². The fourth-order valence-corrected chi connectivity index (χ4v) is 4.86. The number of hydrogen-bond donors (Lipinski definition) is 0. The summed E-state index contributed by atoms with van der Waals surface area (Å²) in [7, 11) is 0. The number of tetrazole rings is 1. The first kappa shape index (κ1) is 20.6. The van der Waals surface area contributed by atoms with E-state index >= 15 is 0 Å². The number of halogens is 1. The summed E-state index contributed by atoms with van der Waals surface area (Å²) < 4.78 is 3.82. The van der Waals surface area contributed by atoms with Crippen molar-refractivity contribution in [1.82, 2.24) is 34.8 Å². The lowest BCUT2D eigenvalue weighted by molar-refractivity contribution is 0.283. The smallest absolute Gasteiger partial charge is 0.234 e. The first-order chi connectivity index (χ1) is 15.5. The zero-order valence-electron chi connectivity index (χ0n) is 18.0. The van der Waals surface area contributed by atoms with E-state index in [0.717, 1.165) is 41.3 Å². The van der Waals surface area contributed by atoms with Crippen LogP contribution in [-0.2, 0) is 17.4 Å². The van der Waals surface area contributed by atoms with Crippen molar-refractivity contribution >= 4 is 17.2 Å². The van der Waals surface area contributed by atoms with Crippen LogP contribution in [0.15, 0.2) is 42.6 Å². The summed E-state index contributed by atoms with van der Waals surface area (Å²) in [5, 5.41) is 22.3. The molecule has 5 rings (SSSR count). The molecule has 8 nitrogen and oxygen atoms in total. The largest absolute Gasteiger partial charge is 0.315 e. The van der Waals surface area contributed by atoms with Crippen molar-refractivity contribution in [2.24, 2.45) is 0 Å². The van der Waals surface area contributed by atoms with Gasteiger partial charge in [-0.1, -0.05) is 36.2 Å². The molecular formula is C23H23ClN8. The standard InChI is InChI=1S/C23H23ClN8/c1-22(2,20-28-29-30-32(20)15-13-25-3)18-6-4-14-31-19(18)26-27-21(31)23(11-5-12-23)16-7-9-17(24)10-8-16/h4,6-10,14H,5,11-13,15H2,1-2H3. The highest BCUT2D eigenvalue weighted by atomic mass is 35.5. The van der Waals surface area contributed by atoms with E-state index < -0.39 is 5.41 Å². The zero-order chi connectivity index (χ0) is 22.3. The molecule has 0 saturated heterocycles. The Kier molecular flexibility index (Phi) is 4.94. The first-order valence-corrected chi connectivity index (χ1v) is 11.1. The molecule has 3 heterocycles. The molecule has 1 aromatic carbocycles. The van der Waals surface area contributed by atoms with Gasteiger partial charge in [-0.15, -0.1) is 15.3 Å². The zero-order valence-corrected chi connectivity index (χ0v) is 18.8. The number of nitrogens with zero attached hydrogens (tertiary/aromatic N) is 8. The van der Waals surface area contributed by atoms with E-state index in [1.54, 1.807) is 4.68 Å². The van der Waals surface area contributed by atoms with Crippen LogP contribution in [-0.4, -0.2) is 41.4 Å². The summed E-state index contributed by atoms with van der Waals surface area (Å²) in [6.07, 6.45) is 5.23. The van der Waals surface area contributed by atoms with Crippen LogP contribution >= 0.6 is 11.6 Å². The second kappa shape index (κ2) is 7.68. The van der Waals surface area contributed by atoms with Gasteiger partial charge >= 0.3 is 0 Å². The van der Waals surface area contributed by atoms with Crippen LogP contribution in [0.4, 0.5) is 0 Å². The van der Waals surface area contributed by atoms with Crippen molar-refractivity contribution < 1.29 is 0 Å². The maximum absolute atomic E-state index is 7.09. The van der Waals surface area contributed by atoms with Gasteiger partial charge in [-0.2, -0.15) is 0 Å². The molecule has 162 valence electrons. The maximum Gasteiger partial charge on any atom is 0.234 e. The molecular weight excluding hydrogens is 424 g/mol. The minimum absolute atomic E-state index is 0.163. The molecule has 1 saturated carbocycles. The molecule has 4 aromatic rings. The monoisotopic (exact) mass is 446 g/mol. The number of fused-ring (bicyclic) bond motifs is 1. The molecule has 1 aliphatic rings. The molecule has 9 heteroatoms. The lowest BCUT2D eigenvalue weighted by Gasteiger charge is -2.41. The van der Waals surface area contributed by atoms with Gasteiger partial charge < -0.3 is 4.85 Å². The predicted molar refractivity (Wildman–Crippen MR) is 120 cm³/mol. The summed E-state index contributed by atoms with van der Waals surface area (Å²) in [4.78, 5) is 3.44. The SMILES string of the molecule is [C-]#[N+]CCn1nnnc1C(C)(C)c1cccn2c(C3(c4ccc(Cl)cc4)CCC3)nnc12. The molecule has 0 amide bonds. The highest BCUT2D eigenvalue weighted by Crippen LogP contribution is 2.48. The Bertz CT molecular complexity index is 1310. The number of benzene rings is 1. The molecule has 3 aromatic heterocycles. The van der Waals surface area contributed by atoms with Gasteiger partial charge in [0.25, 0.3) is 0 Å². The quantitative estimate of drug-likeness (QED) is 0.417. The minimum Gasteiger partial charge on any atom is -0.315 e. The predicted octanol–water partition coefficient (Wildman–Crippen LogP) is 4.08. The van der Waals surface area contributed by atoms with Crippen LogP contribution in [0, 0.1) is 6.57 Å². The van der Waals surface area contributed by atoms with Crippen molar-refractivity contribution in [1.29, 1.82) is 0 Å². The van der Waals surface area contributed by atoms with Gasteiger partial charge in [-0.05, 0) is 60.9 Å². The maximum atomic E-state index is 7.09. The van der Waals surface area contributed by atoms with E-state index in [1.165, 1.54) is 5.56 Å². The number of hydrogen-bond acceptors (Lipinski definition) is 5. The van der Waals surface area contributed by atoms with Gasteiger partial charge in [0.15, 0.2) is 11.5 Å². The van der Waals surface area contributed by atoms with Gasteiger partial charge in [-0.3, -0.25) is 4.40 Å². The first-order valence-electron chi connectivity index (χ1n) is 10.7. The molecule has 0 aliphatic heterocycles. The summed E-state index contributed by atoms with van der Waals surface area (Å²) >= 11 is 6.14. The third-order valence-electron chi connectivity index (χ3n) is 6.65. The summed E-state index contributed by atoms with van der Waals surface area (Å²) in [5.74, 6) is 1.65. The average molecular weight is 447 g/mol. The fraction of sp³-hybridized carbons (Fsp3) is 0.391. The summed E-state index contributed by atoms with van der Waals surface area (Å²) in [5.41, 5.74) is 2.32. The molecule has 1 aliphatic carbocycles. The Hall–Kier alpha value is -3.31. The molecule has 0 atom stereocenters. The van der Waals surface area contributed by atoms with Crippen LogP contribution < -0.4 is 0 Å². The Morgan fingerprint density at radius 1 is 1.12 bits per heavy atom. The lowest BCUT2D eigenvalue weighted by Crippen LogP contribution is -2.37. The van der Waals surface area contributed by atoms with Crippen LogP contribution in [0.5, 0.6) is 0 Å². The molecule has 1 fully saturated rings. The van der Waals surface area contributed by atoms with Crippen LogP contribution in [0.1, 0.15) is 55.9 Å². The Morgan fingerprint density at radius 3 is 2.59 bits per heavy atom. The van der Waals surface area contributed by atoms with Gasteiger partial charge in [0, 0.05) is 16.8 Å². The normalized spacial score (nSPS) is 15.4. The van der Waals surface area contributed by atoms with Gasteiger partial charge in [0.2, 0.25) is 6.54 Å². The Balaban J connectivity index is 1.62. The second-order valence-corrected chi connectivity index (χ2v) is 9.25. The third kappa shape index (κ3) is 3.07. The molecule has 0 radical (unpaired) electrons. The molecule has 0 spiro atoms. The van der Waals surface area contributed by atoms with E-state index in [4.69, 9.17) is 23.3 Å². The molecule has 32 heavy (non-hydrogen) atoms. The highest BCUT2D eigenvalue weighted by molar-refractivity contribution is 6.30. The van der Waals surface area contributed by atoms with Crippen molar-refractivity contribution in [2.75, 3.05) is 6.54 Å². The fourth-order valence-electron chi connectivity index (χ4n) is 4.74. The van der Waals surface area contributed by atoms with Crippen LogP contribution in [0.25, 0.3) is 10.5 Å². The van der Waals surface area contributed by atoms with E-state index in [1.807, 2.05) is 24.4 Å². The summed E-state index contributed by atoms with van der Waals surface area (Å²) in [6.45, 7) is 12.0. The van der Waals surface area contributed by atoms with Crippen LogP contribution in [0.3, 0.4) is 0 Å². The highest BCUT2D eigenvalue weighted by Gasteiger charge is 2.45. The van der Waals surface area contributed by atoms with E-state index in [2.05, 4.69) is 61.9 Å². The van der Waals surface area contributed by atoms with Gasteiger partial charge in [0.1, 0.15) is 12.4 Å². The average Bonchev–Trinajstić information content (AvgIpc) is 3.40. The number of pyridine rings is 1. The molecule has 0 N–H and O–H groups in total. The molecule has 0 unspecified atom stereocenters. The summed E-state index contributed by atoms with van der Waals surface area (Å²) in [6, 6.07) is 12.2. The van der Waals surface area contributed by atoms with Crippen molar-refractivity contribution in [2.45, 2.75) is 50.5 Å². The van der Waals surface area contributed by atoms with E-state index in [-0.39, 0.29) is 5.41 Å². The van der Waals surface area contributed by atoms with Crippen molar-refractivity contribution in [3.63, 3.8) is 0 Å².